The van der Waals surface area contributed by atoms with Crippen LogP contribution in [0.25, 0.3) is 0 Å². The predicted molar refractivity (Wildman–Crippen MR) is 110 cm³/mol. The van der Waals surface area contributed by atoms with Crippen LogP contribution in [-0.2, 0) is 16.1 Å². The number of fused-ring (bicyclic) bond motifs is 1. The Morgan fingerprint density at radius 1 is 1.29 bits per heavy atom. The van der Waals surface area contributed by atoms with Crippen molar-refractivity contribution in [3.05, 3.63) is 52.5 Å². The molecule has 1 heterocycles. The average molecular weight is 403 g/mol. The second-order valence-corrected chi connectivity index (χ2v) is 6.93. The van der Waals surface area contributed by atoms with Crippen LogP contribution in [0, 0.1) is 0 Å². The predicted octanol–water partition coefficient (Wildman–Crippen LogP) is 4.08. The molecule has 0 aliphatic carbocycles. The summed E-state index contributed by atoms with van der Waals surface area (Å²) >= 11 is 6.17. The van der Waals surface area contributed by atoms with Crippen LogP contribution in [0.15, 0.2) is 41.6 Å². The summed E-state index contributed by atoms with van der Waals surface area (Å²) < 4.78 is 10.5. The maximum absolute atomic E-state index is 12.7. The molecule has 0 spiro atoms. The standard InChI is InChI=1S/C21H23ClN2O4/c1-14-8-9-16-6-4-5-7-18(16)24(14)20(25)13-28-23-12-15-10-17(22)21(27-3)19(11-15)26-2/h4-7,10-12,14H,8-9,13H2,1-3H3/b23-12+. The summed E-state index contributed by atoms with van der Waals surface area (Å²) in [5, 5.41) is 4.30. The van der Waals surface area contributed by atoms with E-state index in [-0.39, 0.29) is 18.6 Å². The van der Waals surface area contributed by atoms with Crippen molar-refractivity contribution < 1.29 is 19.1 Å². The van der Waals surface area contributed by atoms with Gasteiger partial charge in [0.2, 0.25) is 0 Å². The number of aryl methyl sites for hydroxylation is 1. The number of ether oxygens (including phenoxy) is 2. The molecule has 3 rings (SSSR count). The van der Waals surface area contributed by atoms with E-state index in [4.69, 9.17) is 25.9 Å². The highest BCUT2D eigenvalue weighted by atomic mass is 35.5. The summed E-state index contributed by atoms with van der Waals surface area (Å²) in [5.74, 6) is 0.823. The lowest BCUT2D eigenvalue weighted by Crippen LogP contribution is -2.43. The van der Waals surface area contributed by atoms with E-state index in [1.807, 2.05) is 25.1 Å². The zero-order valence-corrected chi connectivity index (χ0v) is 16.9. The Morgan fingerprint density at radius 3 is 2.82 bits per heavy atom. The number of hydrogen-bond donors (Lipinski definition) is 0. The first-order valence-electron chi connectivity index (χ1n) is 9.02. The zero-order chi connectivity index (χ0) is 20.1. The van der Waals surface area contributed by atoms with Crippen LogP contribution < -0.4 is 14.4 Å². The van der Waals surface area contributed by atoms with Crippen LogP contribution in [0.3, 0.4) is 0 Å². The van der Waals surface area contributed by atoms with Crippen molar-refractivity contribution in [1.82, 2.24) is 0 Å². The molecule has 1 unspecified atom stereocenters. The number of rotatable bonds is 6. The van der Waals surface area contributed by atoms with Crippen molar-refractivity contribution in [1.29, 1.82) is 0 Å². The van der Waals surface area contributed by atoms with Gasteiger partial charge in [0.1, 0.15) is 0 Å². The van der Waals surface area contributed by atoms with Crippen LogP contribution in [-0.4, -0.2) is 39.0 Å². The Kier molecular flexibility index (Phi) is 6.41. The van der Waals surface area contributed by atoms with Gasteiger partial charge in [0.05, 0.1) is 25.5 Å². The van der Waals surface area contributed by atoms with Gasteiger partial charge in [-0.3, -0.25) is 4.79 Å². The maximum Gasteiger partial charge on any atom is 0.268 e. The molecule has 0 fully saturated rings. The minimum Gasteiger partial charge on any atom is -0.493 e. The van der Waals surface area contributed by atoms with Crippen molar-refractivity contribution in [2.24, 2.45) is 5.16 Å². The number of methoxy groups -OCH3 is 2. The van der Waals surface area contributed by atoms with Gasteiger partial charge in [0.15, 0.2) is 18.1 Å². The minimum absolute atomic E-state index is 0.123. The molecule has 0 radical (unpaired) electrons. The molecule has 0 saturated heterocycles. The fourth-order valence-corrected chi connectivity index (χ4v) is 3.64. The number of benzene rings is 2. The first kappa shape index (κ1) is 20.0. The van der Waals surface area contributed by atoms with Crippen LogP contribution >= 0.6 is 11.6 Å². The summed E-state index contributed by atoms with van der Waals surface area (Å²) in [5.41, 5.74) is 2.80. The van der Waals surface area contributed by atoms with E-state index in [1.165, 1.54) is 26.0 Å². The molecule has 7 heteroatoms. The third kappa shape index (κ3) is 4.22. The van der Waals surface area contributed by atoms with Gasteiger partial charge in [0.25, 0.3) is 5.91 Å². The largest absolute Gasteiger partial charge is 0.493 e. The van der Waals surface area contributed by atoms with Gasteiger partial charge >= 0.3 is 0 Å². The van der Waals surface area contributed by atoms with E-state index in [1.54, 1.807) is 17.0 Å². The third-order valence-electron chi connectivity index (χ3n) is 4.71. The monoisotopic (exact) mass is 402 g/mol. The first-order chi connectivity index (χ1) is 13.5. The van der Waals surface area contributed by atoms with Crippen molar-refractivity contribution in [3.63, 3.8) is 0 Å². The van der Waals surface area contributed by atoms with Gasteiger partial charge in [-0.15, -0.1) is 0 Å². The number of oxime groups is 1. The second-order valence-electron chi connectivity index (χ2n) is 6.53. The Bertz CT molecular complexity index is 885. The van der Waals surface area contributed by atoms with Crippen LogP contribution in [0.1, 0.15) is 24.5 Å². The lowest BCUT2D eigenvalue weighted by molar-refractivity contribution is -0.123. The summed E-state index contributed by atoms with van der Waals surface area (Å²) in [7, 11) is 3.05. The molecular formula is C21H23ClN2O4. The van der Waals surface area contributed by atoms with Crippen LogP contribution in [0.5, 0.6) is 11.5 Å². The highest BCUT2D eigenvalue weighted by Gasteiger charge is 2.28. The number of amides is 1. The molecule has 0 bridgehead atoms. The Hall–Kier alpha value is -2.73. The summed E-state index contributed by atoms with van der Waals surface area (Å²) in [6, 6.07) is 11.5. The topological polar surface area (TPSA) is 60.4 Å². The lowest BCUT2D eigenvalue weighted by atomic mass is 9.96. The fourth-order valence-electron chi connectivity index (χ4n) is 3.34. The third-order valence-corrected chi connectivity index (χ3v) is 4.99. The van der Waals surface area contributed by atoms with Crippen molar-refractivity contribution >= 4 is 29.4 Å². The molecule has 1 aliphatic heterocycles. The summed E-state index contributed by atoms with van der Waals surface area (Å²) in [6.07, 6.45) is 3.38. The average Bonchev–Trinajstić information content (AvgIpc) is 2.70. The lowest BCUT2D eigenvalue weighted by Gasteiger charge is -2.34. The number of carbonyl (C=O) groups excluding carboxylic acids is 1. The summed E-state index contributed by atoms with van der Waals surface area (Å²) in [4.78, 5) is 19.7. The Labute approximate surface area is 169 Å². The summed E-state index contributed by atoms with van der Waals surface area (Å²) in [6.45, 7) is 1.90. The molecule has 6 nitrogen and oxygen atoms in total. The molecule has 1 atom stereocenters. The molecule has 148 valence electrons. The number of hydrogen-bond acceptors (Lipinski definition) is 5. The molecule has 0 N–H and O–H groups in total. The van der Waals surface area contributed by atoms with E-state index < -0.39 is 0 Å². The van der Waals surface area contributed by atoms with E-state index in [0.717, 1.165) is 18.5 Å². The van der Waals surface area contributed by atoms with E-state index in [2.05, 4.69) is 11.2 Å². The number of carbonyl (C=O) groups is 1. The highest BCUT2D eigenvalue weighted by Crippen LogP contribution is 2.35. The van der Waals surface area contributed by atoms with Crippen molar-refractivity contribution in [2.75, 3.05) is 25.7 Å². The zero-order valence-electron chi connectivity index (χ0n) is 16.1. The van der Waals surface area contributed by atoms with Crippen molar-refractivity contribution in [2.45, 2.75) is 25.8 Å². The number of nitrogens with zero attached hydrogens (tertiary/aromatic N) is 2. The minimum atomic E-state index is -0.143. The molecular weight excluding hydrogens is 380 g/mol. The molecule has 1 aliphatic rings. The van der Waals surface area contributed by atoms with E-state index in [9.17, 15) is 4.79 Å². The molecule has 2 aromatic carbocycles. The highest BCUT2D eigenvalue weighted by molar-refractivity contribution is 6.32. The smallest absolute Gasteiger partial charge is 0.268 e. The number of halogens is 1. The number of para-hydroxylation sites is 1. The molecule has 28 heavy (non-hydrogen) atoms. The van der Waals surface area contributed by atoms with Gasteiger partial charge in [0, 0.05) is 17.3 Å². The van der Waals surface area contributed by atoms with Gasteiger partial charge < -0.3 is 19.2 Å². The van der Waals surface area contributed by atoms with Crippen LogP contribution in [0.2, 0.25) is 5.02 Å². The van der Waals surface area contributed by atoms with Crippen LogP contribution in [0.4, 0.5) is 5.69 Å². The molecule has 0 aromatic heterocycles. The van der Waals surface area contributed by atoms with Crippen molar-refractivity contribution in [3.8, 4) is 11.5 Å². The van der Waals surface area contributed by atoms with E-state index >= 15 is 0 Å². The van der Waals surface area contributed by atoms with Gasteiger partial charge in [-0.05, 0) is 43.5 Å². The van der Waals surface area contributed by atoms with Gasteiger partial charge in [-0.25, -0.2) is 0 Å². The first-order valence-corrected chi connectivity index (χ1v) is 9.39. The number of anilines is 1. The second kappa shape index (κ2) is 8.97. The Balaban J connectivity index is 1.65. The maximum atomic E-state index is 12.7. The normalized spacial score (nSPS) is 16.0. The van der Waals surface area contributed by atoms with E-state index in [0.29, 0.717) is 22.1 Å². The Morgan fingerprint density at radius 2 is 2.07 bits per heavy atom. The van der Waals surface area contributed by atoms with Gasteiger partial charge in [-0.1, -0.05) is 35.0 Å². The molecule has 1 amide bonds. The fraction of sp³-hybridized carbons (Fsp3) is 0.333. The molecule has 0 saturated carbocycles. The van der Waals surface area contributed by atoms with Gasteiger partial charge in [-0.2, -0.15) is 0 Å². The SMILES string of the molecule is COc1cc(/C=N/OCC(=O)N2c3ccccc3CCC2C)cc(Cl)c1OC. The quantitative estimate of drug-likeness (QED) is 0.539. The molecule has 2 aromatic rings.